The molecule has 1 aliphatic rings. The van der Waals surface area contributed by atoms with Gasteiger partial charge in [0, 0.05) is 30.9 Å². The molecule has 1 aromatic rings. The maximum absolute atomic E-state index is 13.0. The predicted octanol–water partition coefficient (Wildman–Crippen LogP) is 1.86. The smallest absolute Gasteiger partial charge is 0.152 e. The number of aldehydes is 1. The summed E-state index contributed by atoms with van der Waals surface area (Å²) in [4.78, 5) is 12.9. The Bertz CT molecular complexity index is 373. The Hall–Kier alpha value is -1.42. The fourth-order valence-electron chi connectivity index (χ4n) is 1.89. The van der Waals surface area contributed by atoms with Gasteiger partial charge in [0.2, 0.25) is 0 Å². The Labute approximate surface area is 93.8 Å². The number of hydrogen-bond donors (Lipinski definition) is 0. The van der Waals surface area contributed by atoms with Gasteiger partial charge in [-0.2, -0.15) is 0 Å². The first-order valence-corrected chi connectivity index (χ1v) is 5.38. The standard InChI is InChI=1S/C12H14FNO2/c13-11-2-3-12(10(8-11)9-15)14-4-1-6-16-7-5-14/h2-3,8-9H,1,4-7H2. The van der Waals surface area contributed by atoms with Gasteiger partial charge >= 0.3 is 0 Å². The fourth-order valence-corrected chi connectivity index (χ4v) is 1.89. The van der Waals surface area contributed by atoms with Crippen LogP contribution < -0.4 is 4.90 Å². The Morgan fingerprint density at radius 3 is 3.00 bits per heavy atom. The third-order valence-electron chi connectivity index (χ3n) is 2.68. The van der Waals surface area contributed by atoms with Gasteiger partial charge in [-0.1, -0.05) is 0 Å². The molecule has 1 fully saturated rings. The first kappa shape index (κ1) is 11.1. The van der Waals surface area contributed by atoms with Crippen LogP contribution in [-0.4, -0.2) is 32.6 Å². The summed E-state index contributed by atoms with van der Waals surface area (Å²) >= 11 is 0. The highest BCUT2D eigenvalue weighted by Crippen LogP contribution is 2.21. The number of carbonyl (C=O) groups excluding carboxylic acids is 1. The largest absolute Gasteiger partial charge is 0.380 e. The number of anilines is 1. The van der Waals surface area contributed by atoms with E-state index in [9.17, 15) is 9.18 Å². The van der Waals surface area contributed by atoms with Crippen LogP contribution in [0.1, 0.15) is 16.8 Å². The molecule has 0 aromatic heterocycles. The zero-order valence-corrected chi connectivity index (χ0v) is 8.99. The second-order valence-corrected chi connectivity index (χ2v) is 3.77. The van der Waals surface area contributed by atoms with Crippen LogP contribution >= 0.6 is 0 Å². The topological polar surface area (TPSA) is 29.5 Å². The van der Waals surface area contributed by atoms with Gasteiger partial charge in [-0.15, -0.1) is 0 Å². The molecule has 0 saturated carbocycles. The predicted molar refractivity (Wildman–Crippen MR) is 59.4 cm³/mol. The van der Waals surface area contributed by atoms with E-state index in [0.29, 0.717) is 18.5 Å². The second-order valence-electron chi connectivity index (χ2n) is 3.77. The molecule has 0 radical (unpaired) electrons. The average Bonchev–Trinajstić information content (AvgIpc) is 2.57. The van der Waals surface area contributed by atoms with Crippen molar-refractivity contribution in [3.63, 3.8) is 0 Å². The molecule has 2 rings (SSSR count). The fraction of sp³-hybridized carbons (Fsp3) is 0.417. The lowest BCUT2D eigenvalue weighted by molar-refractivity contribution is 0.112. The summed E-state index contributed by atoms with van der Waals surface area (Å²) < 4.78 is 18.3. The van der Waals surface area contributed by atoms with Gasteiger partial charge in [-0.3, -0.25) is 4.79 Å². The summed E-state index contributed by atoms with van der Waals surface area (Å²) in [6.07, 6.45) is 1.62. The first-order chi connectivity index (χ1) is 7.81. The highest BCUT2D eigenvalue weighted by atomic mass is 19.1. The quantitative estimate of drug-likeness (QED) is 0.717. The molecule has 0 aliphatic carbocycles. The highest BCUT2D eigenvalue weighted by Gasteiger charge is 2.13. The van der Waals surface area contributed by atoms with Gasteiger partial charge in [-0.05, 0) is 24.6 Å². The third kappa shape index (κ3) is 2.39. The molecule has 0 amide bonds. The molecule has 86 valence electrons. The number of benzene rings is 1. The van der Waals surface area contributed by atoms with Gasteiger partial charge in [0.1, 0.15) is 5.82 Å². The van der Waals surface area contributed by atoms with Crippen LogP contribution in [0.15, 0.2) is 18.2 Å². The van der Waals surface area contributed by atoms with Gasteiger partial charge < -0.3 is 9.64 Å². The molecule has 0 spiro atoms. The maximum atomic E-state index is 13.0. The second kappa shape index (κ2) is 5.07. The minimum atomic E-state index is -0.378. The van der Waals surface area contributed by atoms with Crippen molar-refractivity contribution in [2.75, 3.05) is 31.2 Å². The summed E-state index contributed by atoms with van der Waals surface area (Å²) in [7, 11) is 0. The molecule has 16 heavy (non-hydrogen) atoms. The van der Waals surface area contributed by atoms with Crippen molar-refractivity contribution >= 4 is 12.0 Å². The third-order valence-corrected chi connectivity index (χ3v) is 2.68. The van der Waals surface area contributed by atoms with E-state index in [1.54, 1.807) is 6.07 Å². The number of halogens is 1. The summed E-state index contributed by atoms with van der Waals surface area (Å²) in [5.74, 6) is -0.378. The Balaban J connectivity index is 2.26. The Kier molecular flexibility index (Phi) is 3.51. The van der Waals surface area contributed by atoms with E-state index >= 15 is 0 Å². The lowest BCUT2D eigenvalue weighted by atomic mass is 10.1. The SMILES string of the molecule is O=Cc1cc(F)ccc1N1CCCOCC1. The van der Waals surface area contributed by atoms with Crippen LogP contribution in [0.3, 0.4) is 0 Å². The monoisotopic (exact) mass is 223 g/mol. The molecule has 0 bridgehead atoms. The molecule has 1 heterocycles. The zero-order valence-electron chi connectivity index (χ0n) is 8.99. The van der Waals surface area contributed by atoms with Crippen LogP contribution in [0.5, 0.6) is 0 Å². The van der Waals surface area contributed by atoms with Crippen molar-refractivity contribution in [3.8, 4) is 0 Å². The normalized spacial score (nSPS) is 16.9. The highest BCUT2D eigenvalue weighted by molar-refractivity contribution is 5.84. The molecular weight excluding hydrogens is 209 g/mol. The van der Waals surface area contributed by atoms with Crippen LogP contribution in [0.2, 0.25) is 0 Å². The molecule has 1 aromatic carbocycles. The molecular formula is C12H14FNO2. The van der Waals surface area contributed by atoms with Crippen molar-refractivity contribution in [2.45, 2.75) is 6.42 Å². The van der Waals surface area contributed by atoms with Crippen molar-refractivity contribution in [1.82, 2.24) is 0 Å². The molecule has 0 atom stereocenters. The summed E-state index contributed by atoms with van der Waals surface area (Å²) in [5, 5.41) is 0. The van der Waals surface area contributed by atoms with E-state index in [-0.39, 0.29) is 5.82 Å². The summed E-state index contributed by atoms with van der Waals surface area (Å²) in [5.41, 5.74) is 1.20. The van der Waals surface area contributed by atoms with Gasteiger partial charge in [0.05, 0.1) is 6.61 Å². The summed E-state index contributed by atoms with van der Waals surface area (Å²) in [6, 6.07) is 4.31. The van der Waals surface area contributed by atoms with Gasteiger partial charge in [-0.25, -0.2) is 4.39 Å². The van der Waals surface area contributed by atoms with E-state index < -0.39 is 0 Å². The van der Waals surface area contributed by atoms with E-state index in [1.165, 1.54) is 12.1 Å². The van der Waals surface area contributed by atoms with E-state index in [0.717, 1.165) is 31.8 Å². The van der Waals surface area contributed by atoms with Crippen molar-refractivity contribution < 1.29 is 13.9 Å². The average molecular weight is 223 g/mol. The van der Waals surface area contributed by atoms with Gasteiger partial charge in [0.15, 0.2) is 6.29 Å². The molecule has 0 N–H and O–H groups in total. The number of hydrogen-bond acceptors (Lipinski definition) is 3. The van der Waals surface area contributed by atoms with Crippen LogP contribution in [0.25, 0.3) is 0 Å². The minimum absolute atomic E-state index is 0.378. The van der Waals surface area contributed by atoms with E-state index in [1.807, 2.05) is 0 Å². The first-order valence-electron chi connectivity index (χ1n) is 5.38. The zero-order chi connectivity index (χ0) is 11.4. The summed E-state index contributed by atoms with van der Waals surface area (Å²) in [6.45, 7) is 2.97. The van der Waals surface area contributed by atoms with Gasteiger partial charge in [0.25, 0.3) is 0 Å². The van der Waals surface area contributed by atoms with E-state index in [2.05, 4.69) is 4.90 Å². The van der Waals surface area contributed by atoms with Crippen LogP contribution in [0.4, 0.5) is 10.1 Å². The van der Waals surface area contributed by atoms with Crippen LogP contribution in [-0.2, 0) is 4.74 Å². The minimum Gasteiger partial charge on any atom is -0.380 e. The maximum Gasteiger partial charge on any atom is 0.152 e. The lowest BCUT2D eigenvalue weighted by Gasteiger charge is -2.23. The van der Waals surface area contributed by atoms with Crippen molar-refractivity contribution in [3.05, 3.63) is 29.6 Å². The molecule has 1 saturated heterocycles. The molecule has 1 aliphatic heterocycles. The van der Waals surface area contributed by atoms with Crippen LogP contribution in [0, 0.1) is 5.82 Å². The molecule has 0 unspecified atom stereocenters. The lowest BCUT2D eigenvalue weighted by Crippen LogP contribution is -2.26. The number of carbonyl (C=O) groups is 1. The molecule has 4 heteroatoms. The van der Waals surface area contributed by atoms with E-state index in [4.69, 9.17) is 4.74 Å². The Morgan fingerprint density at radius 2 is 2.19 bits per heavy atom. The number of ether oxygens (including phenoxy) is 1. The number of rotatable bonds is 2. The van der Waals surface area contributed by atoms with Crippen molar-refractivity contribution in [2.24, 2.45) is 0 Å². The molecule has 3 nitrogen and oxygen atoms in total. The number of nitrogens with zero attached hydrogens (tertiary/aromatic N) is 1. The van der Waals surface area contributed by atoms with Crippen molar-refractivity contribution in [1.29, 1.82) is 0 Å². The Morgan fingerprint density at radius 1 is 1.31 bits per heavy atom.